The number of nitro groups is 2. The molecule has 88 valence electrons. The highest BCUT2D eigenvalue weighted by Gasteiger charge is 1.96. The lowest BCUT2D eigenvalue weighted by molar-refractivity contribution is -0.468. The number of rotatable bonds is 8. The molecule has 16 heavy (non-hydrogen) atoms. The van der Waals surface area contributed by atoms with Gasteiger partial charge in [-0.1, -0.05) is 12.2 Å². The van der Waals surface area contributed by atoms with E-state index >= 15 is 0 Å². The maximum Gasteiger partial charge on any atom is 0.222 e. The zero-order valence-corrected chi connectivity index (χ0v) is 8.57. The van der Waals surface area contributed by atoms with Crippen LogP contribution >= 0.6 is 0 Å². The van der Waals surface area contributed by atoms with Gasteiger partial charge in [0.1, 0.15) is 5.78 Å². The molecule has 0 unspecified atom stereocenters. The molecule has 0 bridgehead atoms. The molecule has 0 aromatic carbocycles. The van der Waals surface area contributed by atoms with Crippen LogP contribution in [-0.4, -0.2) is 28.7 Å². The van der Waals surface area contributed by atoms with Crippen molar-refractivity contribution in [3.8, 4) is 0 Å². The van der Waals surface area contributed by atoms with Crippen molar-refractivity contribution < 1.29 is 14.6 Å². The topological polar surface area (TPSA) is 103 Å². The Bertz CT molecular complexity index is 292. The summed E-state index contributed by atoms with van der Waals surface area (Å²) in [6, 6.07) is 0. The van der Waals surface area contributed by atoms with Gasteiger partial charge in [0.25, 0.3) is 0 Å². The quantitative estimate of drug-likeness (QED) is 0.350. The summed E-state index contributed by atoms with van der Waals surface area (Å²) >= 11 is 0. The minimum absolute atomic E-state index is 0.108. The molecule has 0 aromatic rings. The summed E-state index contributed by atoms with van der Waals surface area (Å²) in [7, 11) is 0. The summed E-state index contributed by atoms with van der Waals surface area (Å²) in [5.74, 6) is -0.140. The third-order valence-corrected chi connectivity index (χ3v) is 1.53. The molecule has 0 saturated carbocycles. The Balaban J connectivity index is 3.66. The Labute approximate surface area is 91.7 Å². The Morgan fingerprint density at radius 2 is 1.25 bits per heavy atom. The first-order valence-corrected chi connectivity index (χ1v) is 4.57. The van der Waals surface area contributed by atoms with Gasteiger partial charge >= 0.3 is 0 Å². The van der Waals surface area contributed by atoms with E-state index in [1.807, 2.05) is 0 Å². The van der Waals surface area contributed by atoms with Crippen LogP contribution in [0.5, 0.6) is 0 Å². The molecule has 0 aliphatic heterocycles. The lowest BCUT2D eigenvalue weighted by atomic mass is 10.2. The first-order chi connectivity index (χ1) is 7.52. The van der Waals surface area contributed by atoms with E-state index in [2.05, 4.69) is 0 Å². The highest BCUT2D eigenvalue weighted by atomic mass is 16.6. The molecule has 0 radical (unpaired) electrons. The third kappa shape index (κ3) is 10.0. The van der Waals surface area contributed by atoms with Crippen LogP contribution in [0.4, 0.5) is 0 Å². The molecule has 7 nitrogen and oxygen atoms in total. The number of ketones is 1. The van der Waals surface area contributed by atoms with Gasteiger partial charge < -0.3 is 0 Å². The van der Waals surface area contributed by atoms with Crippen molar-refractivity contribution in [2.45, 2.75) is 12.8 Å². The maximum absolute atomic E-state index is 11.1. The minimum Gasteiger partial charge on any atom is -0.299 e. The van der Waals surface area contributed by atoms with Gasteiger partial charge in [-0.3, -0.25) is 25.0 Å². The standard InChI is InChI=1S/C9H12N2O5/c12-9(5-1-3-7-10(13)14)6-2-4-8-11(15)16/h1-4H,5-8H2. The van der Waals surface area contributed by atoms with Crippen LogP contribution in [0.2, 0.25) is 0 Å². The van der Waals surface area contributed by atoms with Gasteiger partial charge in [-0.05, 0) is 12.2 Å². The van der Waals surface area contributed by atoms with Crippen LogP contribution in [0, 0.1) is 20.2 Å². The minimum atomic E-state index is -0.502. The summed E-state index contributed by atoms with van der Waals surface area (Å²) in [5.41, 5.74) is 0. The lowest BCUT2D eigenvalue weighted by Gasteiger charge is -1.90. The van der Waals surface area contributed by atoms with Crippen LogP contribution in [0.15, 0.2) is 24.3 Å². The fourth-order valence-electron chi connectivity index (χ4n) is 0.834. The average Bonchev–Trinajstić information content (AvgIpc) is 2.19. The Hall–Kier alpha value is -2.05. The SMILES string of the molecule is O=C(CC=CC[N+](=O)[O-])CC=CC[N+](=O)[O-]. The Morgan fingerprint density at radius 1 is 0.875 bits per heavy atom. The van der Waals surface area contributed by atoms with Crippen LogP contribution in [-0.2, 0) is 4.79 Å². The Kier molecular flexibility index (Phi) is 7.21. The van der Waals surface area contributed by atoms with E-state index in [-0.39, 0.29) is 31.7 Å². The molecule has 0 spiro atoms. The molecule has 7 heteroatoms. The molecule has 0 aliphatic carbocycles. The number of carbonyl (C=O) groups is 1. The van der Waals surface area contributed by atoms with Gasteiger partial charge in [0.2, 0.25) is 13.1 Å². The predicted octanol–water partition coefficient (Wildman–Crippen LogP) is 1.00. The molecule has 0 saturated heterocycles. The molecular weight excluding hydrogens is 216 g/mol. The molecule has 0 aliphatic rings. The zero-order valence-electron chi connectivity index (χ0n) is 8.57. The first kappa shape index (κ1) is 13.9. The molecule has 0 aromatic heterocycles. The summed E-state index contributed by atoms with van der Waals surface area (Å²) in [6.45, 7) is -0.602. The van der Waals surface area contributed by atoms with Crippen LogP contribution in [0.3, 0.4) is 0 Å². The Morgan fingerprint density at radius 3 is 1.56 bits per heavy atom. The summed E-state index contributed by atoms with van der Waals surface area (Å²) in [6.07, 6.45) is 5.67. The summed E-state index contributed by atoms with van der Waals surface area (Å²) in [5, 5.41) is 19.8. The number of hydrogen-bond acceptors (Lipinski definition) is 5. The third-order valence-electron chi connectivity index (χ3n) is 1.53. The van der Waals surface area contributed by atoms with Crippen molar-refractivity contribution in [2.24, 2.45) is 0 Å². The normalized spacial score (nSPS) is 11.0. The van der Waals surface area contributed by atoms with Gasteiger partial charge in [-0.2, -0.15) is 0 Å². The largest absolute Gasteiger partial charge is 0.299 e. The van der Waals surface area contributed by atoms with Crippen molar-refractivity contribution in [1.29, 1.82) is 0 Å². The number of nitrogens with zero attached hydrogens (tertiary/aromatic N) is 2. The van der Waals surface area contributed by atoms with Crippen molar-refractivity contribution in [3.63, 3.8) is 0 Å². The molecule has 0 heterocycles. The predicted molar refractivity (Wildman–Crippen MR) is 56.2 cm³/mol. The molecule has 0 fully saturated rings. The van der Waals surface area contributed by atoms with Crippen molar-refractivity contribution >= 4 is 5.78 Å². The maximum atomic E-state index is 11.1. The number of Topliss-reactive ketones (excluding diaryl/α,β-unsaturated/α-hetero) is 1. The summed E-state index contributed by atoms with van der Waals surface area (Å²) in [4.78, 5) is 29.9. The molecular formula is C9H12N2O5. The first-order valence-electron chi connectivity index (χ1n) is 4.57. The summed E-state index contributed by atoms with van der Waals surface area (Å²) < 4.78 is 0. The fraction of sp³-hybridized carbons (Fsp3) is 0.444. The second-order valence-corrected chi connectivity index (χ2v) is 2.92. The average molecular weight is 228 g/mol. The van der Waals surface area contributed by atoms with Gasteiger partial charge in [-0.25, -0.2) is 0 Å². The second-order valence-electron chi connectivity index (χ2n) is 2.92. The fourth-order valence-corrected chi connectivity index (χ4v) is 0.834. The number of hydrogen-bond donors (Lipinski definition) is 0. The molecule has 0 amide bonds. The van der Waals surface area contributed by atoms with Gasteiger partial charge in [0.15, 0.2) is 0 Å². The van der Waals surface area contributed by atoms with Gasteiger partial charge in [-0.15, -0.1) is 0 Å². The van der Waals surface area contributed by atoms with E-state index in [9.17, 15) is 25.0 Å². The highest BCUT2D eigenvalue weighted by Crippen LogP contribution is 1.93. The smallest absolute Gasteiger partial charge is 0.222 e. The number of carbonyl (C=O) groups excluding carboxylic acids is 1. The monoisotopic (exact) mass is 228 g/mol. The lowest BCUT2D eigenvalue weighted by Crippen LogP contribution is -1.98. The van der Waals surface area contributed by atoms with E-state index in [1.165, 1.54) is 24.3 Å². The van der Waals surface area contributed by atoms with E-state index in [1.54, 1.807) is 0 Å². The van der Waals surface area contributed by atoms with Crippen LogP contribution < -0.4 is 0 Å². The second kappa shape index (κ2) is 8.27. The number of allylic oxidation sites excluding steroid dienone is 2. The molecule has 0 rings (SSSR count). The van der Waals surface area contributed by atoms with E-state index in [0.29, 0.717) is 0 Å². The molecule has 0 atom stereocenters. The van der Waals surface area contributed by atoms with E-state index < -0.39 is 9.85 Å². The zero-order chi connectivity index (χ0) is 12.4. The van der Waals surface area contributed by atoms with Gasteiger partial charge in [0, 0.05) is 22.7 Å². The molecule has 0 N–H and O–H groups in total. The van der Waals surface area contributed by atoms with E-state index in [4.69, 9.17) is 0 Å². The van der Waals surface area contributed by atoms with Gasteiger partial charge in [0.05, 0.1) is 0 Å². The van der Waals surface area contributed by atoms with Crippen molar-refractivity contribution in [3.05, 3.63) is 44.5 Å². The van der Waals surface area contributed by atoms with Crippen molar-refractivity contribution in [2.75, 3.05) is 13.1 Å². The van der Waals surface area contributed by atoms with E-state index in [0.717, 1.165) is 0 Å². The van der Waals surface area contributed by atoms with Crippen molar-refractivity contribution in [1.82, 2.24) is 0 Å². The van der Waals surface area contributed by atoms with Crippen LogP contribution in [0.1, 0.15) is 12.8 Å². The van der Waals surface area contributed by atoms with Crippen LogP contribution in [0.25, 0.3) is 0 Å². The highest BCUT2D eigenvalue weighted by molar-refractivity contribution is 5.81.